The number of aliphatic imine (C=N–C) groups is 1. The van der Waals surface area contributed by atoms with Crippen LogP contribution in [0.25, 0.3) is 0 Å². The summed E-state index contributed by atoms with van der Waals surface area (Å²) in [6.07, 6.45) is 22.6. The summed E-state index contributed by atoms with van der Waals surface area (Å²) >= 11 is 0. The highest BCUT2D eigenvalue weighted by molar-refractivity contribution is 5.82. The number of rotatable bonds is 19. The Labute approximate surface area is 207 Å². The first-order chi connectivity index (χ1) is 16.8. The van der Waals surface area contributed by atoms with Crippen molar-refractivity contribution in [3.63, 3.8) is 0 Å². The molecule has 0 saturated carbocycles. The molecule has 0 N–H and O–H groups in total. The fourth-order valence-electron chi connectivity index (χ4n) is 3.94. The van der Waals surface area contributed by atoms with Gasteiger partial charge >= 0.3 is 0 Å². The fraction of sp³-hybridized carbons (Fsp3) is 0.533. The van der Waals surface area contributed by atoms with Crippen molar-refractivity contribution >= 4 is 11.9 Å². The third-order valence-electron chi connectivity index (χ3n) is 6.01. The van der Waals surface area contributed by atoms with Gasteiger partial charge in [-0.3, -0.25) is 4.99 Å². The topological polar surface area (TPSA) is 54.6 Å². The van der Waals surface area contributed by atoms with Crippen LogP contribution in [0.1, 0.15) is 102 Å². The summed E-state index contributed by atoms with van der Waals surface area (Å²) in [6.45, 7) is 3.06. The van der Waals surface area contributed by atoms with E-state index in [0.717, 1.165) is 30.0 Å². The van der Waals surface area contributed by atoms with Crippen molar-refractivity contribution < 1.29 is 9.47 Å². The molecule has 0 aliphatic heterocycles. The molecule has 0 unspecified atom stereocenters. The second-order valence-corrected chi connectivity index (χ2v) is 8.96. The Kier molecular flexibility index (Phi) is 15.0. The normalized spacial score (nSPS) is 10.9. The molecule has 4 heteroatoms. The van der Waals surface area contributed by atoms with Gasteiger partial charge in [0.25, 0.3) is 6.26 Å². The Morgan fingerprint density at radius 3 is 1.71 bits per heavy atom. The highest BCUT2D eigenvalue weighted by Gasteiger charge is 1.97. The number of unbranched alkanes of at least 4 members (excludes halogenated alkanes) is 13. The largest absolute Gasteiger partial charge is 0.494 e. The molecular formula is C30H42N2O2. The van der Waals surface area contributed by atoms with E-state index in [1.165, 1.54) is 83.5 Å². The molecule has 0 aromatic heterocycles. The number of benzene rings is 2. The van der Waals surface area contributed by atoms with Gasteiger partial charge in [0, 0.05) is 6.21 Å². The average Bonchev–Trinajstić information content (AvgIpc) is 2.87. The van der Waals surface area contributed by atoms with Crippen LogP contribution in [0, 0.1) is 11.5 Å². The molecule has 0 amide bonds. The number of nitriles is 1. The Morgan fingerprint density at radius 1 is 0.676 bits per heavy atom. The summed E-state index contributed by atoms with van der Waals surface area (Å²) in [5.74, 6) is 1.42. The Balaban J connectivity index is 1.46. The van der Waals surface area contributed by atoms with E-state index >= 15 is 0 Å². The Morgan fingerprint density at radius 2 is 1.18 bits per heavy atom. The summed E-state index contributed by atoms with van der Waals surface area (Å²) in [5, 5.41) is 8.52. The van der Waals surface area contributed by atoms with E-state index in [-0.39, 0.29) is 0 Å². The van der Waals surface area contributed by atoms with E-state index in [1.807, 2.05) is 36.4 Å². The van der Waals surface area contributed by atoms with Gasteiger partial charge in [-0.15, -0.1) is 5.26 Å². The molecule has 0 saturated heterocycles. The molecular weight excluding hydrogens is 420 g/mol. The SMILES string of the molecule is CCCCCCCCCCCCCCCCOc1ccc(N=Cc2ccc(OC#N)cc2)cc1. The molecule has 0 aliphatic carbocycles. The summed E-state index contributed by atoms with van der Waals surface area (Å²) in [4.78, 5) is 4.48. The molecule has 4 nitrogen and oxygen atoms in total. The van der Waals surface area contributed by atoms with Gasteiger partial charge in [0.1, 0.15) is 11.5 Å². The summed E-state index contributed by atoms with van der Waals surface area (Å²) in [7, 11) is 0. The van der Waals surface area contributed by atoms with Crippen molar-refractivity contribution in [1.82, 2.24) is 0 Å². The molecule has 0 heterocycles. The first kappa shape index (κ1) is 27.4. The molecule has 0 fully saturated rings. The van der Waals surface area contributed by atoms with E-state index in [1.54, 1.807) is 24.6 Å². The van der Waals surface area contributed by atoms with Crippen molar-refractivity contribution in [3.05, 3.63) is 54.1 Å². The quantitative estimate of drug-likeness (QED) is 0.119. The highest BCUT2D eigenvalue weighted by Crippen LogP contribution is 2.19. The number of hydrogen-bond acceptors (Lipinski definition) is 4. The summed E-state index contributed by atoms with van der Waals surface area (Å²) < 4.78 is 10.7. The number of nitrogens with zero attached hydrogens (tertiary/aromatic N) is 2. The van der Waals surface area contributed by atoms with Gasteiger partial charge in [0.2, 0.25) is 0 Å². The fourth-order valence-corrected chi connectivity index (χ4v) is 3.94. The van der Waals surface area contributed by atoms with Gasteiger partial charge in [0.15, 0.2) is 0 Å². The molecule has 0 atom stereocenters. The Hall–Kier alpha value is -2.80. The van der Waals surface area contributed by atoms with E-state index in [9.17, 15) is 0 Å². The van der Waals surface area contributed by atoms with Crippen LogP contribution in [0.4, 0.5) is 5.69 Å². The van der Waals surface area contributed by atoms with Crippen LogP contribution in [-0.4, -0.2) is 12.8 Å². The van der Waals surface area contributed by atoms with Crippen LogP contribution in [0.15, 0.2) is 53.5 Å². The zero-order valence-corrected chi connectivity index (χ0v) is 21.0. The van der Waals surface area contributed by atoms with Crippen LogP contribution in [0.3, 0.4) is 0 Å². The predicted molar refractivity (Wildman–Crippen MR) is 142 cm³/mol. The summed E-state index contributed by atoms with van der Waals surface area (Å²) in [5.41, 5.74) is 1.82. The van der Waals surface area contributed by atoms with Crippen molar-refractivity contribution in [2.24, 2.45) is 4.99 Å². The monoisotopic (exact) mass is 462 g/mol. The molecule has 2 aromatic rings. The van der Waals surface area contributed by atoms with E-state index in [0.29, 0.717) is 5.75 Å². The van der Waals surface area contributed by atoms with Crippen molar-refractivity contribution in [2.75, 3.05) is 6.61 Å². The minimum absolute atomic E-state index is 0.528. The van der Waals surface area contributed by atoms with Crippen LogP contribution in [0.2, 0.25) is 0 Å². The van der Waals surface area contributed by atoms with Crippen LogP contribution in [-0.2, 0) is 0 Å². The zero-order chi connectivity index (χ0) is 24.1. The molecule has 0 radical (unpaired) electrons. The Bertz CT molecular complexity index is 822. The number of ether oxygens (including phenoxy) is 2. The molecule has 184 valence electrons. The van der Waals surface area contributed by atoms with E-state index in [2.05, 4.69) is 11.9 Å². The maximum Gasteiger partial charge on any atom is 0.292 e. The first-order valence-electron chi connectivity index (χ1n) is 13.2. The van der Waals surface area contributed by atoms with E-state index < -0.39 is 0 Å². The van der Waals surface area contributed by atoms with Crippen LogP contribution in [0.5, 0.6) is 11.5 Å². The second kappa shape index (κ2) is 18.6. The lowest BCUT2D eigenvalue weighted by Gasteiger charge is -2.06. The highest BCUT2D eigenvalue weighted by atomic mass is 16.5. The first-order valence-corrected chi connectivity index (χ1v) is 13.2. The minimum Gasteiger partial charge on any atom is -0.494 e. The van der Waals surface area contributed by atoms with Gasteiger partial charge in [-0.25, -0.2) is 0 Å². The zero-order valence-electron chi connectivity index (χ0n) is 21.0. The third kappa shape index (κ3) is 13.0. The van der Waals surface area contributed by atoms with E-state index in [4.69, 9.17) is 14.7 Å². The van der Waals surface area contributed by atoms with Gasteiger partial charge in [0.05, 0.1) is 12.3 Å². The molecule has 0 aliphatic rings. The lowest BCUT2D eigenvalue weighted by molar-refractivity contribution is 0.304. The molecule has 0 bridgehead atoms. The van der Waals surface area contributed by atoms with Crippen molar-refractivity contribution in [3.8, 4) is 17.8 Å². The average molecular weight is 463 g/mol. The minimum atomic E-state index is 0.528. The van der Waals surface area contributed by atoms with Crippen molar-refractivity contribution in [1.29, 1.82) is 5.26 Å². The molecule has 2 aromatic carbocycles. The van der Waals surface area contributed by atoms with Crippen LogP contribution < -0.4 is 9.47 Å². The number of hydrogen-bond donors (Lipinski definition) is 0. The lowest BCUT2D eigenvalue weighted by Crippen LogP contribution is -1.97. The maximum atomic E-state index is 8.52. The lowest BCUT2D eigenvalue weighted by atomic mass is 10.0. The van der Waals surface area contributed by atoms with Gasteiger partial charge in [-0.2, -0.15) is 0 Å². The second-order valence-electron chi connectivity index (χ2n) is 8.96. The van der Waals surface area contributed by atoms with Gasteiger partial charge < -0.3 is 9.47 Å². The smallest absolute Gasteiger partial charge is 0.292 e. The maximum absolute atomic E-state index is 8.52. The third-order valence-corrected chi connectivity index (χ3v) is 6.01. The van der Waals surface area contributed by atoms with Crippen molar-refractivity contribution in [2.45, 2.75) is 96.8 Å². The predicted octanol–water partition coefficient (Wildman–Crippen LogP) is 9.16. The molecule has 34 heavy (non-hydrogen) atoms. The molecule has 0 spiro atoms. The van der Waals surface area contributed by atoms with Crippen LogP contribution >= 0.6 is 0 Å². The van der Waals surface area contributed by atoms with Gasteiger partial charge in [-0.1, -0.05) is 90.4 Å². The standard InChI is InChI=1S/C30H42N2O2/c1-2-3-4-5-6-7-8-9-10-11-12-13-14-15-24-33-29-22-18-28(19-23-29)32-25-27-16-20-30(21-17-27)34-26-31/h16-23,25H,2-15,24H2,1H3. The summed E-state index contributed by atoms with van der Waals surface area (Å²) in [6, 6.07) is 15.1. The molecule has 2 rings (SSSR count). The van der Waals surface area contributed by atoms with Gasteiger partial charge in [-0.05, 0) is 60.5 Å².